The van der Waals surface area contributed by atoms with Crippen molar-refractivity contribution in [2.75, 3.05) is 19.6 Å². The van der Waals surface area contributed by atoms with Crippen molar-refractivity contribution in [3.05, 3.63) is 71.7 Å². The lowest BCUT2D eigenvalue weighted by atomic mass is 9.81. The second-order valence-electron chi connectivity index (χ2n) is 8.24. The van der Waals surface area contributed by atoms with Crippen molar-refractivity contribution in [3.8, 4) is 0 Å². The molecule has 3 unspecified atom stereocenters. The van der Waals surface area contributed by atoms with Gasteiger partial charge in [0.1, 0.15) is 11.3 Å². The molecule has 2 aliphatic heterocycles. The van der Waals surface area contributed by atoms with Crippen LogP contribution >= 0.6 is 0 Å². The van der Waals surface area contributed by atoms with E-state index in [1.807, 2.05) is 40.6 Å². The highest BCUT2D eigenvalue weighted by atomic mass is 16.2. The van der Waals surface area contributed by atoms with Crippen LogP contribution in [0.3, 0.4) is 0 Å². The summed E-state index contributed by atoms with van der Waals surface area (Å²) in [5.74, 6) is 0.890. The average molecular weight is 390 g/mol. The van der Waals surface area contributed by atoms with E-state index < -0.39 is 0 Å². The molecule has 0 bridgehead atoms. The third-order valence-corrected chi connectivity index (χ3v) is 6.42. The minimum Gasteiger partial charge on any atom is -0.337 e. The molecule has 6 heteroatoms. The van der Waals surface area contributed by atoms with Gasteiger partial charge < -0.3 is 9.30 Å². The smallest absolute Gasteiger partial charge is 0.274 e. The molecule has 29 heavy (non-hydrogen) atoms. The maximum absolute atomic E-state index is 13.2. The summed E-state index contributed by atoms with van der Waals surface area (Å²) in [4.78, 5) is 19.8. The molecule has 0 radical (unpaired) electrons. The molecular formula is C23H27N5O. The zero-order valence-electron chi connectivity index (χ0n) is 16.7. The lowest BCUT2D eigenvalue weighted by Gasteiger charge is -2.37. The molecule has 2 saturated heterocycles. The number of hydrazine groups is 1. The van der Waals surface area contributed by atoms with E-state index >= 15 is 0 Å². The van der Waals surface area contributed by atoms with Gasteiger partial charge in [-0.05, 0) is 43.4 Å². The number of nitrogens with one attached hydrogen (secondary N) is 2. The van der Waals surface area contributed by atoms with E-state index in [0.717, 1.165) is 43.8 Å². The molecule has 5 rings (SSSR count). The molecule has 0 spiro atoms. The van der Waals surface area contributed by atoms with Crippen LogP contribution in [-0.4, -0.2) is 45.9 Å². The summed E-state index contributed by atoms with van der Waals surface area (Å²) in [6, 6.07) is 17.0. The number of hydrogen-bond donors (Lipinski definition) is 2. The molecule has 2 fully saturated rings. The topological polar surface area (TPSA) is 61.7 Å². The third kappa shape index (κ3) is 3.43. The number of likely N-dealkylation sites (tertiary alicyclic amines) is 1. The molecule has 4 heterocycles. The van der Waals surface area contributed by atoms with Gasteiger partial charge in [-0.3, -0.25) is 15.6 Å². The van der Waals surface area contributed by atoms with Gasteiger partial charge in [-0.1, -0.05) is 36.4 Å². The Hall–Kier alpha value is -2.70. The van der Waals surface area contributed by atoms with E-state index in [2.05, 4.69) is 46.2 Å². The van der Waals surface area contributed by atoms with Crippen molar-refractivity contribution < 1.29 is 4.79 Å². The summed E-state index contributed by atoms with van der Waals surface area (Å²) in [6.07, 6.45) is 4.04. The van der Waals surface area contributed by atoms with Crippen LogP contribution in [0.2, 0.25) is 0 Å². The summed E-state index contributed by atoms with van der Waals surface area (Å²) < 4.78 is 1.99. The van der Waals surface area contributed by atoms with Crippen LogP contribution in [0.4, 0.5) is 0 Å². The van der Waals surface area contributed by atoms with Crippen LogP contribution < -0.4 is 10.9 Å². The maximum Gasteiger partial charge on any atom is 0.274 e. The Balaban J connectivity index is 1.34. The van der Waals surface area contributed by atoms with E-state index in [0.29, 0.717) is 23.6 Å². The molecule has 2 aromatic heterocycles. The molecular weight excluding hydrogens is 362 g/mol. The Morgan fingerprint density at radius 2 is 2.00 bits per heavy atom. The second kappa shape index (κ2) is 7.61. The Bertz CT molecular complexity index is 1010. The van der Waals surface area contributed by atoms with Crippen molar-refractivity contribution >= 4 is 11.6 Å². The molecule has 6 nitrogen and oxygen atoms in total. The number of rotatable bonds is 3. The van der Waals surface area contributed by atoms with Gasteiger partial charge in [-0.2, -0.15) is 0 Å². The highest BCUT2D eigenvalue weighted by Crippen LogP contribution is 2.32. The van der Waals surface area contributed by atoms with Crippen LogP contribution in [0.1, 0.15) is 40.5 Å². The standard InChI is InChI=1S/C23H27N5O/c1-16-7-5-11-21-25-20(15-28(16)21)23(29)27-12-6-10-18(14-27)22-19(13-24-26-22)17-8-3-2-4-9-17/h2-5,7-9,11,15,18-19,22,24,26H,6,10,12-14H2,1H3. The fourth-order valence-electron chi connectivity index (χ4n) is 4.89. The first-order valence-electron chi connectivity index (χ1n) is 10.5. The molecule has 3 atom stereocenters. The highest BCUT2D eigenvalue weighted by molar-refractivity contribution is 5.93. The first-order chi connectivity index (χ1) is 14.2. The quantitative estimate of drug-likeness (QED) is 0.723. The van der Waals surface area contributed by atoms with E-state index in [9.17, 15) is 4.79 Å². The molecule has 3 aromatic rings. The molecule has 2 N–H and O–H groups in total. The number of aromatic nitrogens is 2. The first kappa shape index (κ1) is 18.3. The zero-order chi connectivity index (χ0) is 19.8. The number of benzene rings is 1. The lowest BCUT2D eigenvalue weighted by Crippen LogP contribution is -2.48. The number of nitrogens with zero attached hydrogens (tertiary/aromatic N) is 3. The number of amides is 1. The van der Waals surface area contributed by atoms with Gasteiger partial charge in [0.25, 0.3) is 5.91 Å². The van der Waals surface area contributed by atoms with E-state index in [1.54, 1.807) is 0 Å². The predicted octanol–water partition coefficient (Wildman–Crippen LogP) is 2.76. The van der Waals surface area contributed by atoms with Crippen LogP contribution in [-0.2, 0) is 0 Å². The lowest BCUT2D eigenvalue weighted by molar-refractivity contribution is 0.0639. The first-order valence-corrected chi connectivity index (χ1v) is 10.5. The monoisotopic (exact) mass is 389 g/mol. The zero-order valence-corrected chi connectivity index (χ0v) is 16.7. The van der Waals surface area contributed by atoms with Crippen molar-refractivity contribution in [2.45, 2.75) is 31.7 Å². The molecule has 2 aliphatic rings. The number of aryl methyl sites for hydroxylation is 1. The Labute approximate surface area is 170 Å². The normalized spacial score (nSPS) is 24.9. The summed E-state index contributed by atoms with van der Waals surface area (Å²) in [5, 5.41) is 0. The van der Waals surface area contributed by atoms with Crippen LogP contribution in [0, 0.1) is 12.8 Å². The SMILES string of the molecule is Cc1cccc2nc(C(=O)N3CCCC(C4NNCC4c4ccccc4)C3)cn12. The van der Waals surface area contributed by atoms with Gasteiger partial charge >= 0.3 is 0 Å². The fraction of sp³-hybridized carbons (Fsp3) is 0.391. The average Bonchev–Trinajstić information content (AvgIpc) is 3.42. The van der Waals surface area contributed by atoms with Crippen molar-refractivity contribution in [1.29, 1.82) is 0 Å². The van der Waals surface area contributed by atoms with Gasteiger partial charge in [0.05, 0.1) is 0 Å². The number of pyridine rings is 1. The number of hydrogen-bond acceptors (Lipinski definition) is 4. The summed E-state index contributed by atoms with van der Waals surface area (Å²) >= 11 is 0. The predicted molar refractivity (Wildman–Crippen MR) is 113 cm³/mol. The van der Waals surface area contributed by atoms with Crippen LogP contribution in [0.25, 0.3) is 5.65 Å². The molecule has 150 valence electrons. The number of piperidine rings is 1. The van der Waals surface area contributed by atoms with Gasteiger partial charge in [-0.25, -0.2) is 4.98 Å². The van der Waals surface area contributed by atoms with Gasteiger partial charge in [0.15, 0.2) is 0 Å². The minimum absolute atomic E-state index is 0.0417. The number of imidazole rings is 1. The second-order valence-corrected chi connectivity index (χ2v) is 8.24. The van der Waals surface area contributed by atoms with Crippen molar-refractivity contribution in [3.63, 3.8) is 0 Å². The van der Waals surface area contributed by atoms with E-state index in [1.165, 1.54) is 5.56 Å². The number of fused-ring (bicyclic) bond motifs is 1. The largest absolute Gasteiger partial charge is 0.337 e. The third-order valence-electron chi connectivity index (χ3n) is 6.42. The van der Waals surface area contributed by atoms with Gasteiger partial charge in [0.2, 0.25) is 0 Å². The molecule has 1 aromatic carbocycles. The van der Waals surface area contributed by atoms with Gasteiger partial charge in [-0.15, -0.1) is 0 Å². The van der Waals surface area contributed by atoms with E-state index in [-0.39, 0.29) is 5.91 Å². The van der Waals surface area contributed by atoms with Crippen molar-refractivity contribution in [2.24, 2.45) is 5.92 Å². The maximum atomic E-state index is 13.2. The van der Waals surface area contributed by atoms with Crippen molar-refractivity contribution in [1.82, 2.24) is 25.1 Å². The Morgan fingerprint density at radius 1 is 1.14 bits per heavy atom. The van der Waals surface area contributed by atoms with Crippen LogP contribution in [0.15, 0.2) is 54.7 Å². The summed E-state index contributed by atoms with van der Waals surface area (Å²) in [5.41, 5.74) is 10.6. The molecule has 1 amide bonds. The summed E-state index contributed by atoms with van der Waals surface area (Å²) in [7, 11) is 0. The van der Waals surface area contributed by atoms with Crippen LogP contribution in [0.5, 0.6) is 0 Å². The molecule has 0 aliphatic carbocycles. The Kier molecular flexibility index (Phi) is 4.81. The Morgan fingerprint density at radius 3 is 2.83 bits per heavy atom. The van der Waals surface area contributed by atoms with E-state index in [4.69, 9.17) is 0 Å². The molecule has 0 saturated carbocycles. The van der Waals surface area contributed by atoms with Gasteiger partial charge in [0, 0.05) is 43.5 Å². The summed E-state index contributed by atoms with van der Waals surface area (Å²) in [6.45, 7) is 4.53. The number of carbonyl (C=O) groups is 1. The highest BCUT2D eigenvalue weighted by Gasteiger charge is 2.37. The number of carbonyl (C=O) groups excluding carboxylic acids is 1. The fourth-order valence-corrected chi connectivity index (χ4v) is 4.89. The minimum atomic E-state index is 0.0417.